The number of hydrogen-bond acceptors (Lipinski definition) is 4. The smallest absolute Gasteiger partial charge is 0.233 e. The van der Waals surface area contributed by atoms with E-state index < -0.39 is 17.4 Å². The highest BCUT2D eigenvalue weighted by molar-refractivity contribution is 6.30. The van der Waals surface area contributed by atoms with Gasteiger partial charge in [-0.25, -0.2) is 0 Å². The lowest BCUT2D eigenvalue weighted by Gasteiger charge is -2.58. The number of anilines is 1. The largest absolute Gasteiger partial charge is 0.497 e. The zero-order chi connectivity index (χ0) is 30.1. The van der Waals surface area contributed by atoms with Crippen LogP contribution in [0.1, 0.15) is 81.4 Å². The van der Waals surface area contributed by atoms with Crippen LogP contribution >= 0.6 is 11.6 Å². The van der Waals surface area contributed by atoms with E-state index >= 15 is 0 Å². The molecule has 1 heterocycles. The maximum atomic E-state index is 13.9. The van der Waals surface area contributed by atoms with E-state index in [0.29, 0.717) is 28.5 Å². The minimum Gasteiger partial charge on any atom is -0.497 e. The van der Waals surface area contributed by atoms with Gasteiger partial charge in [-0.2, -0.15) is 0 Å². The molecule has 0 radical (unpaired) electrons. The number of carbonyl (C=O) groups is 1. The summed E-state index contributed by atoms with van der Waals surface area (Å²) in [6.45, 7) is 6.05. The number of hydrogen-bond donors (Lipinski definition) is 1. The molecule has 4 aliphatic carbocycles. The van der Waals surface area contributed by atoms with Gasteiger partial charge in [0, 0.05) is 16.3 Å². The van der Waals surface area contributed by atoms with Gasteiger partial charge < -0.3 is 14.6 Å². The number of nitrogens with zero attached hydrogens (tertiary/aromatic N) is 1. The topological polar surface area (TPSA) is 59.0 Å². The molecule has 226 valence electrons. The second kappa shape index (κ2) is 10.6. The Morgan fingerprint density at radius 3 is 2.05 bits per heavy atom. The number of carbonyl (C=O) groups excluding carboxylic acids is 1. The predicted octanol–water partition coefficient (Wildman–Crippen LogP) is 8.17. The molecule has 0 saturated heterocycles. The molecule has 3 aromatic rings. The van der Waals surface area contributed by atoms with Gasteiger partial charge in [0.2, 0.25) is 5.91 Å². The number of aliphatic hydroxyl groups is 1. The minimum atomic E-state index is -0.900. The molecule has 5 nitrogen and oxygen atoms in total. The molecule has 2 atom stereocenters. The van der Waals surface area contributed by atoms with E-state index in [1.54, 1.807) is 12.0 Å². The molecule has 0 aromatic heterocycles. The van der Waals surface area contributed by atoms with Gasteiger partial charge in [-0.3, -0.25) is 9.69 Å². The summed E-state index contributed by atoms with van der Waals surface area (Å²) in [6, 6.07) is 21.5. The molecule has 1 amide bonds. The van der Waals surface area contributed by atoms with E-state index in [9.17, 15) is 9.90 Å². The molecule has 0 unspecified atom stereocenters. The minimum absolute atomic E-state index is 0.0433. The fraction of sp³-hybridized carbons (Fsp3) is 0.486. The average molecular weight is 600 g/mol. The maximum absolute atomic E-state index is 13.9. The third-order valence-corrected chi connectivity index (χ3v) is 11.3. The van der Waals surface area contributed by atoms with Gasteiger partial charge in [0.25, 0.3) is 0 Å². The number of rotatable bonds is 7. The van der Waals surface area contributed by atoms with E-state index in [-0.39, 0.29) is 12.3 Å². The number of halogens is 1. The number of benzene rings is 3. The van der Waals surface area contributed by atoms with Crippen LogP contribution in [0.25, 0.3) is 0 Å². The van der Waals surface area contributed by atoms with Crippen LogP contribution in [0.4, 0.5) is 5.69 Å². The second-order valence-corrected chi connectivity index (χ2v) is 14.6. The molecule has 4 fully saturated rings. The lowest BCUT2D eigenvalue weighted by molar-refractivity contribution is -0.139. The lowest BCUT2D eigenvalue weighted by atomic mass is 9.48. The summed E-state index contributed by atoms with van der Waals surface area (Å²) in [5.74, 6) is 3.90. The van der Waals surface area contributed by atoms with Crippen molar-refractivity contribution in [2.24, 2.45) is 29.6 Å². The van der Waals surface area contributed by atoms with E-state index in [4.69, 9.17) is 21.1 Å². The van der Waals surface area contributed by atoms with Crippen LogP contribution in [0.2, 0.25) is 5.02 Å². The van der Waals surface area contributed by atoms with Crippen molar-refractivity contribution < 1.29 is 19.4 Å². The summed E-state index contributed by atoms with van der Waals surface area (Å²) in [5.41, 5.74) is 2.88. The Balaban J connectivity index is 1.22. The summed E-state index contributed by atoms with van der Waals surface area (Å²) in [6.07, 6.45) is 6.06. The number of amides is 1. The van der Waals surface area contributed by atoms with Crippen molar-refractivity contribution in [1.82, 2.24) is 0 Å². The van der Waals surface area contributed by atoms with Gasteiger partial charge in [0.15, 0.2) is 6.23 Å². The molecule has 4 saturated carbocycles. The molecule has 3 aromatic carbocycles. The van der Waals surface area contributed by atoms with E-state index in [2.05, 4.69) is 0 Å². The summed E-state index contributed by atoms with van der Waals surface area (Å²) in [4.78, 5) is 15.6. The fourth-order valence-electron chi connectivity index (χ4n) is 9.21. The van der Waals surface area contributed by atoms with E-state index in [1.807, 2.05) is 87.5 Å². The first-order chi connectivity index (χ1) is 20.5. The Bertz CT molecular complexity index is 1480. The van der Waals surface area contributed by atoms with Crippen molar-refractivity contribution in [2.75, 3.05) is 12.0 Å². The molecule has 1 N–H and O–H groups in total. The molecule has 8 rings (SSSR count). The number of ether oxygens (including phenoxy) is 2. The quantitative estimate of drug-likeness (QED) is 0.298. The Morgan fingerprint density at radius 2 is 1.44 bits per heavy atom. The first kappa shape index (κ1) is 28.9. The third-order valence-electron chi connectivity index (χ3n) is 11.0. The van der Waals surface area contributed by atoms with Crippen molar-refractivity contribution in [2.45, 2.75) is 76.7 Å². The fourth-order valence-corrected chi connectivity index (χ4v) is 9.34. The Morgan fingerprint density at radius 1 is 0.837 bits per heavy atom. The molecule has 0 spiro atoms. The molecule has 4 bridgehead atoms. The summed E-state index contributed by atoms with van der Waals surface area (Å²) in [7, 11) is 1.63. The van der Waals surface area contributed by atoms with Crippen LogP contribution in [-0.2, 0) is 27.2 Å². The standard InChI is InChI=1S/C37H42ClNO4/c1-36(2,27-5-9-29(38)10-6-27)43-35-32-14-13-31(42-4)20-24(32)21-33(40)39(35)30-11-7-28(8-12-30)37(3,41)34-25-16-22-15-23(18-25)19-26(34)17-22/h5-14,20,22-23,25-26,34-35,41H,15-19,21H2,1-4H3/t22?,23?,25?,26?,34?,35-,37+/m0/s1. The first-order valence-corrected chi connectivity index (χ1v) is 16.2. The van der Waals surface area contributed by atoms with Crippen LogP contribution in [-0.4, -0.2) is 18.1 Å². The first-order valence-electron chi connectivity index (χ1n) is 15.8. The number of fused-ring (bicyclic) bond motifs is 1. The van der Waals surface area contributed by atoms with Crippen LogP contribution < -0.4 is 9.64 Å². The van der Waals surface area contributed by atoms with Crippen molar-refractivity contribution >= 4 is 23.2 Å². The molecular weight excluding hydrogens is 558 g/mol. The molecule has 5 aliphatic rings. The predicted molar refractivity (Wildman–Crippen MR) is 169 cm³/mol. The van der Waals surface area contributed by atoms with Gasteiger partial charge in [-0.05, 0) is 136 Å². The Labute approximate surface area is 260 Å². The van der Waals surface area contributed by atoms with Crippen molar-refractivity contribution in [3.8, 4) is 5.75 Å². The molecular formula is C37H42ClNO4. The van der Waals surface area contributed by atoms with Gasteiger partial charge in [-0.1, -0.05) is 41.9 Å². The third kappa shape index (κ3) is 5.08. The van der Waals surface area contributed by atoms with E-state index in [1.165, 1.54) is 32.1 Å². The van der Waals surface area contributed by atoms with Gasteiger partial charge in [0.05, 0.1) is 24.7 Å². The van der Waals surface area contributed by atoms with Crippen molar-refractivity contribution in [3.05, 3.63) is 94.0 Å². The monoisotopic (exact) mass is 599 g/mol. The average Bonchev–Trinajstić information content (AvgIpc) is 2.96. The SMILES string of the molecule is COc1ccc2c(c1)CC(=O)N(c1ccc([C@@](C)(O)C3C4CC5CC(C4)CC3C5)cc1)[C@H]2OC(C)(C)c1ccc(Cl)cc1. The molecule has 43 heavy (non-hydrogen) atoms. The van der Waals surface area contributed by atoms with Crippen LogP contribution in [0.15, 0.2) is 66.7 Å². The Kier molecular flexibility index (Phi) is 7.15. The maximum Gasteiger partial charge on any atom is 0.233 e. The highest BCUT2D eigenvalue weighted by atomic mass is 35.5. The second-order valence-electron chi connectivity index (χ2n) is 14.1. The molecule has 6 heteroatoms. The van der Waals surface area contributed by atoms with Crippen molar-refractivity contribution in [1.29, 1.82) is 0 Å². The van der Waals surface area contributed by atoms with E-state index in [0.717, 1.165) is 39.8 Å². The summed E-state index contributed by atoms with van der Waals surface area (Å²) in [5, 5.41) is 12.7. The van der Waals surface area contributed by atoms with Gasteiger partial charge >= 0.3 is 0 Å². The van der Waals surface area contributed by atoms with Gasteiger partial charge in [-0.15, -0.1) is 0 Å². The zero-order valence-electron chi connectivity index (χ0n) is 25.6. The normalized spacial score (nSPS) is 29.3. The zero-order valence-corrected chi connectivity index (χ0v) is 26.3. The number of methoxy groups -OCH3 is 1. The highest BCUT2D eigenvalue weighted by Crippen LogP contribution is 2.60. The Hall–Kier alpha value is -2.86. The van der Waals surface area contributed by atoms with Crippen LogP contribution in [0, 0.1) is 29.6 Å². The van der Waals surface area contributed by atoms with Crippen LogP contribution in [0.5, 0.6) is 5.75 Å². The van der Waals surface area contributed by atoms with Crippen LogP contribution in [0.3, 0.4) is 0 Å². The van der Waals surface area contributed by atoms with Gasteiger partial charge in [0.1, 0.15) is 5.75 Å². The summed E-state index contributed by atoms with van der Waals surface area (Å²) >= 11 is 6.18. The lowest BCUT2D eigenvalue weighted by Crippen LogP contribution is -2.52. The molecule has 1 aliphatic heterocycles. The van der Waals surface area contributed by atoms with Crippen molar-refractivity contribution in [3.63, 3.8) is 0 Å². The highest BCUT2D eigenvalue weighted by Gasteiger charge is 2.54. The summed E-state index contributed by atoms with van der Waals surface area (Å²) < 4.78 is 12.3.